The van der Waals surface area contributed by atoms with Crippen LogP contribution in [0, 0.1) is 11.3 Å². The van der Waals surface area contributed by atoms with Gasteiger partial charge in [0, 0.05) is 5.41 Å². The van der Waals surface area contributed by atoms with Gasteiger partial charge in [-0.25, -0.2) is 0 Å². The van der Waals surface area contributed by atoms with Crippen LogP contribution in [0.2, 0.25) is 0 Å². The molecule has 0 aromatic carbocycles. The molecule has 0 aromatic heterocycles. The Morgan fingerprint density at radius 3 is 1.95 bits per heavy atom. The summed E-state index contributed by atoms with van der Waals surface area (Å²) in [5.41, 5.74) is -0.630. The van der Waals surface area contributed by atoms with Crippen LogP contribution in [0.3, 0.4) is 0 Å². The number of carbonyl (C=O) groups is 2. The largest absolute Gasteiger partial charge is 0.465 e. The van der Waals surface area contributed by atoms with Crippen LogP contribution in [0.15, 0.2) is 12.7 Å². The summed E-state index contributed by atoms with van der Waals surface area (Å²) in [6, 6.07) is 0. The van der Waals surface area contributed by atoms with E-state index in [0.29, 0.717) is 6.42 Å². The van der Waals surface area contributed by atoms with Crippen molar-refractivity contribution in [2.24, 2.45) is 11.3 Å². The van der Waals surface area contributed by atoms with E-state index >= 15 is 0 Å². The lowest BCUT2D eigenvalue weighted by Crippen LogP contribution is -2.40. The first-order valence-corrected chi connectivity index (χ1v) is 6.93. The predicted molar refractivity (Wildman–Crippen MR) is 74.6 cm³/mol. The minimum Gasteiger partial charge on any atom is -0.465 e. The third-order valence-electron chi connectivity index (χ3n) is 3.24. The van der Waals surface area contributed by atoms with Crippen LogP contribution in [0.5, 0.6) is 0 Å². The molecule has 0 aliphatic carbocycles. The van der Waals surface area contributed by atoms with Crippen LogP contribution in [-0.2, 0) is 19.1 Å². The fourth-order valence-corrected chi connectivity index (χ4v) is 2.01. The maximum atomic E-state index is 12.1. The molecule has 0 fully saturated rings. The number of ether oxygens (including phenoxy) is 2. The molecule has 0 saturated heterocycles. The summed E-state index contributed by atoms with van der Waals surface area (Å²) >= 11 is 0. The first-order chi connectivity index (χ1) is 8.96. The lowest BCUT2D eigenvalue weighted by molar-refractivity contribution is -0.166. The van der Waals surface area contributed by atoms with Gasteiger partial charge in [0.05, 0.1) is 13.2 Å². The third-order valence-corrected chi connectivity index (χ3v) is 3.24. The van der Waals surface area contributed by atoms with Crippen molar-refractivity contribution in [3.05, 3.63) is 12.7 Å². The van der Waals surface area contributed by atoms with E-state index in [2.05, 4.69) is 13.5 Å². The zero-order chi connectivity index (χ0) is 14.9. The second kappa shape index (κ2) is 8.73. The van der Waals surface area contributed by atoms with E-state index in [1.807, 2.05) is 6.92 Å². The Balaban J connectivity index is 5.21. The van der Waals surface area contributed by atoms with Crippen molar-refractivity contribution in [2.75, 3.05) is 13.2 Å². The molecule has 0 aliphatic rings. The predicted octanol–water partition coefficient (Wildman–Crippen LogP) is 3.11. The summed E-state index contributed by atoms with van der Waals surface area (Å²) in [5.74, 6) is -1.99. The van der Waals surface area contributed by atoms with E-state index in [0.717, 1.165) is 12.8 Å². The van der Waals surface area contributed by atoms with Crippen molar-refractivity contribution in [3.63, 3.8) is 0 Å². The number of rotatable bonds is 9. The fourth-order valence-electron chi connectivity index (χ4n) is 2.01. The molecule has 4 heteroatoms. The lowest BCUT2D eigenvalue weighted by Gasteiger charge is -2.31. The monoisotopic (exact) mass is 270 g/mol. The molecule has 1 unspecified atom stereocenters. The van der Waals surface area contributed by atoms with E-state index < -0.39 is 23.3 Å². The van der Waals surface area contributed by atoms with Crippen LogP contribution in [-0.4, -0.2) is 25.2 Å². The molecule has 0 N–H and O–H groups in total. The molecule has 0 aliphatic heterocycles. The molecule has 0 spiro atoms. The molecule has 4 nitrogen and oxygen atoms in total. The van der Waals surface area contributed by atoms with Crippen molar-refractivity contribution in [2.45, 2.75) is 47.0 Å². The Morgan fingerprint density at radius 2 is 1.63 bits per heavy atom. The summed E-state index contributed by atoms with van der Waals surface area (Å²) in [4.78, 5) is 24.1. The zero-order valence-electron chi connectivity index (χ0n) is 12.5. The molecule has 1 atom stereocenters. The number of hydrogen-bond donors (Lipinski definition) is 0. The minimum atomic E-state index is -0.934. The Kier molecular flexibility index (Phi) is 8.12. The van der Waals surface area contributed by atoms with Crippen molar-refractivity contribution in [1.29, 1.82) is 0 Å². The average Bonchev–Trinajstić information content (AvgIpc) is 2.37. The van der Waals surface area contributed by atoms with Crippen molar-refractivity contribution in [3.8, 4) is 0 Å². The highest BCUT2D eigenvalue weighted by Gasteiger charge is 2.43. The number of esters is 2. The Labute approximate surface area is 116 Å². The van der Waals surface area contributed by atoms with Gasteiger partial charge in [0.1, 0.15) is 0 Å². The Bertz CT molecular complexity index is 293. The van der Waals surface area contributed by atoms with Gasteiger partial charge in [0.15, 0.2) is 5.92 Å². The highest BCUT2D eigenvalue weighted by molar-refractivity contribution is 5.96. The fraction of sp³-hybridized carbons (Fsp3) is 0.733. The summed E-state index contributed by atoms with van der Waals surface area (Å²) in [5, 5.41) is 0. The minimum absolute atomic E-state index is 0.246. The quantitative estimate of drug-likeness (QED) is 0.367. The van der Waals surface area contributed by atoms with Crippen LogP contribution in [0.1, 0.15) is 47.0 Å². The first-order valence-electron chi connectivity index (χ1n) is 6.93. The highest BCUT2D eigenvalue weighted by atomic mass is 16.6. The molecule has 0 saturated carbocycles. The zero-order valence-corrected chi connectivity index (χ0v) is 12.5. The highest BCUT2D eigenvalue weighted by Crippen LogP contribution is 2.36. The van der Waals surface area contributed by atoms with Gasteiger partial charge in [-0.3, -0.25) is 9.59 Å². The van der Waals surface area contributed by atoms with Crippen LogP contribution < -0.4 is 0 Å². The van der Waals surface area contributed by atoms with E-state index in [1.54, 1.807) is 19.9 Å². The smallest absolute Gasteiger partial charge is 0.321 e. The molecule has 110 valence electrons. The van der Waals surface area contributed by atoms with E-state index in [1.165, 1.54) is 0 Å². The van der Waals surface area contributed by atoms with Gasteiger partial charge < -0.3 is 9.47 Å². The molecule has 19 heavy (non-hydrogen) atoms. The standard InChI is InChI=1S/C15H26O4/c1-6-10-11-15(5,7-2)12(13(16)18-8-3)14(17)19-9-4/h7,12H,2,6,8-11H2,1,3-5H3. The molecule has 0 amide bonds. The van der Waals surface area contributed by atoms with Crippen molar-refractivity contribution in [1.82, 2.24) is 0 Å². The van der Waals surface area contributed by atoms with E-state index in [-0.39, 0.29) is 13.2 Å². The lowest BCUT2D eigenvalue weighted by atomic mass is 9.73. The summed E-state index contributed by atoms with van der Waals surface area (Å²) < 4.78 is 10.0. The maximum Gasteiger partial charge on any atom is 0.321 e. The molecular formula is C15H26O4. The summed E-state index contributed by atoms with van der Waals surface area (Å²) in [6.45, 7) is 11.6. The van der Waals surface area contributed by atoms with Crippen molar-refractivity contribution < 1.29 is 19.1 Å². The van der Waals surface area contributed by atoms with Gasteiger partial charge in [-0.15, -0.1) is 6.58 Å². The number of allylic oxidation sites excluding steroid dienone is 1. The Hall–Kier alpha value is -1.32. The van der Waals surface area contributed by atoms with Gasteiger partial charge in [0.25, 0.3) is 0 Å². The van der Waals surface area contributed by atoms with E-state index in [4.69, 9.17) is 9.47 Å². The SMILES string of the molecule is C=CC(C)(CCCC)C(C(=O)OCC)C(=O)OCC. The number of unbranched alkanes of at least 4 members (excludes halogenated alkanes) is 1. The maximum absolute atomic E-state index is 12.1. The Morgan fingerprint density at radius 1 is 1.16 bits per heavy atom. The van der Waals surface area contributed by atoms with Crippen molar-refractivity contribution >= 4 is 11.9 Å². The number of carbonyl (C=O) groups excluding carboxylic acids is 2. The topological polar surface area (TPSA) is 52.6 Å². The summed E-state index contributed by atoms with van der Waals surface area (Å²) in [7, 11) is 0. The first kappa shape index (κ1) is 17.7. The van der Waals surface area contributed by atoms with Gasteiger partial charge >= 0.3 is 11.9 Å². The number of hydrogen-bond acceptors (Lipinski definition) is 4. The van der Waals surface area contributed by atoms with Gasteiger partial charge in [-0.2, -0.15) is 0 Å². The second-order valence-corrected chi connectivity index (χ2v) is 4.75. The van der Waals surface area contributed by atoms with Crippen LogP contribution >= 0.6 is 0 Å². The normalized spacial score (nSPS) is 13.7. The molecule has 0 bridgehead atoms. The second-order valence-electron chi connectivity index (χ2n) is 4.75. The van der Waals surface area contributed by atoms with Crippen LogP contribution in [0.4, 0.5) is 0 Å². The van der Waals surface area contributed by atoms with Gasteiger partial charge in [0.2, 0.25) is 0 Å². The third kappa shape index (κ3) is 5.05. The van der Waals surface area contributed by atoms with Gasteiger partial charge in [-0.05, 0) is 20.3 Å². The summed E-state index contributed by atoms with van der Waals surface area (Å²) in [6.07, 6.45) is 4.27. The van der Waals surface area contributed by atoms with E-state index in [9.17, 15) is 9.59 Å². The van der Waals surface area contributed by atoms with Gasteiger partial charge in [-0.1, -0.05) is 32.8 Å². The molecule has 0 aromatic rings. The molecular weight excluding hydrogens is 244 g/mol. The molecule has 0 rings (SSSR count). The molecule has 0 heterocycles. The molecule has 0 radical (unpaired) electrons. The average molecular weight is 270 g/mol. The van der Waals surface area contributed by atoms with Crippen LogP contribution in [0.25, 0.3) is 0 Å².